The fourth-order valence-corrected chi connectivity index (χ4v) is 2.28. The number of carbonyl (C=O) groups is 3. The first kappa shape index (κ1) is 16.4. The summed E-state index contributed by atoms with van der Waals surface area (Å²) in [6.45, 7) is 2.84. The molecule has 0 aromatic heterocycles. The molecular formula is C14H21NO5. The van der Waals surface area contributed by atoms with Gasteiger partial charge in [0.05, 0.1) is 6.61 Å². The number of amides is 2. The first-order chi connectivity index (χ1) is 9.45. The van der Waals surface area contributed by atoms with Crippen molar-refractivity contribution in [1.29, 1.82) is 0 Å². The summed E-state index contributed by atoms with van der Waals surface area (Å²) in [5, 5.41) is 18.0. The van der Waals surface area contributed by atoms with Gasteiger partial charge >= 0.3 is 5.97 Å². The van der Waals surface area contributed by atoms with Gasteiger partial charge in [-0.3, -0.25) is 14.5 Å². The standard InChI is InChI=1S/C14H21NO5/c1-3-4-5-6-7-10-9(2)12(17)15(13(10)18)11(8-16)14(19)20/h11,16H,3-8H2,1-2H3,(H,19,20)/t11-/m1/s1. The summed E-state index contributed by atoms with van der Waals surface area (Å²) >= 11 is 0. The van der Waals surface area contributed by atoms with Crippen molar-refractivity contribution in [2.24, 2.45) is 0 Å². The summed E-state index contributed by atoms with van der Waals surface area (Å²) in [5.74, 6) is -2.57. The lowest BCUT2D eigenvalue weighted by atomic mass is 10.0. The minimum atomic E-state index is -1.50. The van der Waals surface area contributed by atoms with E-state index in [1.807, 2.05) is 0 Å². The fraction of sp³-hybridized carbons (Fsp3) is 0.643. The van der Waals surface area contributed by atoms with E-state index in [1.165, 1.54) is 6.92 Å². The van der Waals surface area contributed by atoms with E-state index >= 15 is 0 Å². The second-order valence-electron chi connectivity index (χ2n) is 4.93. The second-order valence-corrected chi connectivity index (χ2v) is 4.93. The van der Waals surface area contributed by atoms with E-state index in [2.05, 4.69) is 6.92 Å². The second kappa shape index (κ2) is 7.19. The molecule has 6 nitrogen and oxygen atoms in total. The number of hydrogen-bond donors (Lipinski definition) is 2. The number of imide groups is 1. The summed E-state index contributed by atoms with van der Waals surface area (Å²) in [7, 11) is 0. The number of hydrogen-bond acceptors (Lipinski definition) is 4. The van der Waals surface area contributed by atoms with Crippen molar-refractivity contribution in [2.75, 3.05) is 6.61 Å². The van der Waals surface area contributed by atoms with Gasteiger partial charge in [0.25, 0.3) is 11.8 Å². The summed E-state index contributed by atoms with van der Waals surface area (Å²) in [4.78, 5) is 35.8. The summed E-state index contributed by atoms with van der Waals surface area (Å²) < 4.78 is 0. The van der Waals surface area contributed by atoms with Gasteiger partial charge in [-0.25, -0.2) is 4.79 Å². The highest BCUT2D eigenvalue weighted by Crippen LogP contribution is 2.26. The molecule has 2 amide bonds. The Kier molecular flexibility index (Phi) is 5.88. The van der Waals surface area contributed by atoms with Crippen LogP contribution in [0.3, 0.4) is 0 Å². The molecule has 0 spiro atoms. The Balaban J connectivity index is 2.81. The molecule has 0 bridgehead atoms. The van der Waals surface area contributed by atoms with Gasteiger partial charge < -0.3 is 10.2 Å². The summed E-state index contributed by atoms with van der Waals surface area (Å²) in [6, 6.07) is -1.50. The van der Waals surface area contributed by atoms with Crippen molar-refractivity contribution in [3.05, 3.63) is 11.1 Å². The molecule has 1 atom stereocenters. The van der Waals surface area contributed by atoms with Crippen LogP contribution in [0.25, 0.3) is 0 Å². The molecule has 0 aromatic rings. The van der Waals surface area contributed by atoms with Gasteiger partial charge in [0.15, 0.2) is 6.04 Å². The van der Waals surface area contributed by atoms with Crippen LogP contribution in [-0.2, 0) is 14.4 Å². The monoisotopic (exact) mass is 283 g/mol. The van der Waals surface area contributed by atoms with Gasteiger partial charge in [0.2, 0.25) is 0 Å². The summed E-state index contributed by atoms with van der Waals surface area (Å²) in [6.07, 6.45) is 4.38. The lowest BCUT2D eigenvalue weighted by Crippen LogP contribution is -2.48. The maximum atomic E-state index is 12.2. The van der Waals surface area contributed by atoms with Crippen molar-refractivity contribution in [3.63, 3.8) is 0 Å². The SMILES string of the molecule is CCCCCCC1=C(C)C(=O)N([C@H](CO)C(=O)O)C1=O. The lowest BCUT2D eigenvalue weighted by Gasteiger charge is -2.21. The largest absolute Gasteiger partial charge is 0.480 e. The fourth-order valence-electron chi connectivity index (χ4n) is 2.28. The van der Waals surface area contributed by atoms with Crippen molar-refractivity contribution >= 4 is 17.8 Å². The molecule has 1 aliphatic rings. The van der Waals surface area contributed by atoms with Crippen LogP contribution in [0.1, 0.15) is 46.0 Å². The van der Waals surface area contributed by atoms with Crippen LogP contribution in [0, 0.1) is 0 Å². The number of aliphatic hydroxyl groups is 1. The van der Waals surface area contributed by atoms with Crippen LogP contribution < -0.4 is 0 Å². The van der Waals surface area contributed by atoms with Gasteiger partial charge in [-0.1, -0.05) is 26.2 Å². The molecule has 2 N–H and O–H groups in total. The molecule has 1 aliphatic heterocycles. The van der Waals surface area contributed by atoms with Crippen LogP contribution in [0.15, 0.2) is 11.1 Å². The number of unbranched alkanes of at least 4 members (excludes halogenated alkanes) is 3. The molecule has 0 fully saturated rings. The van der Waals surface area contributed by atoms with Crippen LogP contribution >= 0.6 is 0 Å². The van der Waals surface area contributed by atoms with Gasteiger partial charge in [-0.05, 0) is 19.8 Å². The van der Waals surface area contributed by atoms with Crippen LogP contribution in [-0.4, -0.2) is 45.5 Å². The van der Waals surface area contributed by atoms with Crippen LogP contribution in [0.2, 0.25) is 0 Å². The maximum absolute atomic E-state index is 12.2. The number of nitrogens with zero attached hydrogens (tertiary/aromatic N) is 1. The highest BCUT2D eigenvalue weighted by Gasteiger charge is 2.42. The Morgan fingerprint density at radius 3 is 2.35 bits per heavy atom. The first-order valence-corrected chi connectivity index (χ1v) is 6.87. The van der Waals surface area contributed by atoms with Gasteiger partial charge in [-0.15, -0.1) is 0 Å². The van der Waals surface area contributed by atoms with E-state index in [-0.39, 0.29) is 0 Å². The summed E-state index contributed by atoms with van der Waals surface area (Å²) in [5.41, 5.74) is 0.678. The zero-order valence-corrected chi connectivity index (χ0v) is 11.9. The van der Waals surface area contributed by atoms with Gasteiger partial charge in [-0.2, -0.15) is 0 Å². The number of rotatable bonds is 8. The van der Waals surface area contributed by atoms with E-state index in [4.69, 9.17) is 10.2 Å². The van der Waals surface area contributed by atoms with Crippen molar-refractivity contribution in [1.82, 2.24) is 4.90 Å². The van der Waals surface area contributed by atoms with E-state index in [0.717, 1.165) is 25.7 Å². The molecule has 1 rings (SSSR count). The number of carboxylic acid groups (broad SMARTS) is 1. The van der Waals surface area contributed by atoms with E-state index in [1.54, 1.807) is 0 Å². The third-order valence-corrected chi connectivity index (χ3v) is 3.52. The predicted molar refractivity (Wildman–Crippen MR) is 71.8 cm³/mol. The highest BCUT2D eigenvalue weighted by atomic mass is 16.4. The number of aliphatic hydroxyl groups excluding tert-OH is 1. The smallest absolute Gasteiger partial charge is 0.329 e. The molecule has 1 heterocycles. The van der Waals surface area contributed by atoms with E-state index < -0.39 is 30.4 Å². The Hall–Kier alpha value is -1.69. The molecule has 0 aliphatic carbocycles. The Morgan fingerprint density at radius 2 is 1.85 bits per heavy atom. The zero-order valence-electron chi connectivity index (χ0n) is 11.9. The predicted octanol–water partition coefficient (Wildman–Crippen LogP) is 1.09. The van der Waals surface area contributed by atoms with Crippen molar-refractivity contribution < 1.29 is 24.6 Å². The van der Waals surface area contributed by atoms with Crippen molar-refractivity contribution in [2.45, 2.75) is 52.0 Å². The zero-order chi connectivity index (χ0) is 15.3. The molecule has 20 heavy (non-hydrogen) atoms. The molecule has 0 aromatic carbocycles. The Morgan fingerprint density at radius 1 is 1.20 bits per heavy atom. The minimum Gasteiger partial charge on any atom is -0.480 e. The first-order valence-electron chi connectivity index (χ1n) is 6.87. The third kappa shape index (κ3) is 3.25. The van der Waals surface area contributed by atoms with Gasteiger partial charge in [0, 0.05) is 11.1 Å². The molecule has 0 unspecified atom stereocenters. The lowest BCUT2D eigenvalue weighted by molar-refractivity contribution is -0.155. The number of carbonyl (C=O) groups excluding carboxylic acids is 2. The average molecular weight is 283 g/mol. The Bertz CT molecular complexity index is 441. The van der Waals surface area contributed by atoms with E-state index in [9.17, 15) is 14.4 Å². The quantitative estimate of drug-likeness (QED) is 0.513. The molecule has 0 saturated heterocycles. The topological polar surface area (TPSA) is 94.9 Å². The van der Waals surface area contributed by atoms with E-state index in [0.29, 0.717) is 22.5 Å². The van der Waals surface area contributed by atoms with Crippen molar-refractivity contribution in [3.8, 4) is 0 Å². The Labute approximate surface area is 118 Å². The van der Waals surface area contributed by atoms with Crippen LogP contribution in [0.5, 0.6) is 0 Å². The number of aliphatic carboxylic acids is 1. The minimum absolute atomic E-state index is 0.297. The molecule has 112 valence electrons. The number of carboxylic acids is 1. The molecular weight excluding hydrogens is 262 g/mol. The molecule has 6 heteroatoms. The molecule has 0 radical (unpaired) electrons. The average Bonchev–Trinajstić information content (AvgIpc) is 2.60. The maximum Gasteiger partial charge on any atom is 0.329 e. The molecule has 0 saturated carbocycles. The van der Waals surface area contributed by atoms with Gasteiger partial charge in [0.1, 0.15) is 0 Å². The van der Waals surface area contributed by atoms with Crippen LogP contribution in [0.4, 0.5) is 0 Å². The third-order valence-electron chi connectivity index (χ3n) is 3.52. The normalized spacial score (nSPS) is 17.1. The highest BCUT2D eigenvalue weighted by molar-refractivity contribution is 6.20.